The second-order valence-electron chi connectivity index (χ2n) is 7.78. The molecule has 1 heterocycles. The van der Waals surface area contributed by atoms with Crippen LogP contribution in [-0.2, 0) is 16.1 Å². The molecule has 7 nitrogen and oxygen atoms in total. The van der Waals surface area contributed by atoms with Crippen LogP contribution in [0.25, 0.3) is 0 Å². The molecule has 3 rings (SSSR count). The zero-order valence-corrected chi connectivity index (χ0v) is 16.6. The third kappa shape index (κ3) is 8.44. The maximum atomic E-state index is 11.3. The number of rotatable bonds is 8. The molecule has 0 unspecified atom stereocenters. The van der Waals surface area contributed by atoms with E-state index < -0.39 is 18.0 Å². The summed E-state index contributed by atoms with van der Waals surface area (Å²) < 4.78 is 5.20. The van der Waals surface area contributed by atoms with Crippen molar-refractivity contribution >= 4 is 11.9 Å². The Labute approximate surface area is 166 Å². The molecule has 0 spiro atoms. The first kappa shape index (κ1) is 22.4. The summed E-state index contributed by atoms with van der Waals surface area (Å²) >= 11 is 0. The van der Waals surface area contributed by atoms with Gasteiger partial charge in [0.05, 0.1) is 19.4 Å². The van der Waals surface area contributed by atoms with Crippen LogP contribution in [0.3, 0.4) is 0 Å². The molecule has 2 fully saturated rings. The first-order valence-corrected chi connectivity index (χ1v) is 10.5. The molecule has 158 valence electrons. The lowest BCUT2D eigenvalue weighted by Gasteiger charge is -2.27. The van der Waals surface area contributed by atoms with Gasteiger partial charge in [0, 0.05) is 6.04 Å². The molecule has 2 saturated carbocycles. The number of furan rings is 1. The monoisotopic (exact) mass is 394 g/mol. The molecule has 0 aromatic carbocycles. The van der Waals surface area contributed by atoms with Gasteiger partial charge in [0.25, 0.3) is 0 Å². The number of nitrogens with one attached hydrogen (secondary N) is 2. The van der Waals surface area contributed by atoms with Crippen LogP contribution < -0.4 is 10.6 Å². The largest absolute Gasteiger partial charge is 0.480 e. The summed E-state index contributed by atoms with van der Waals surface area (Å²) in [6.45, 7) is 0.602. The lowest BCUT2D eigenvalue weighted by Crippen LogP contribution is -2.43. The minimum atomic E-state index is -0.754. The Hall–Kier alpha value is -1.86. The number of carboxylic acid groups (broad SMARTS) is 2. The van der Waals surface area contributed by atoms with Crippen molar-refractivity contribution in [1.29, 1.82) is 0 Å². The Bertz CT molecular complexity index is 563. The predicted octanol–water partition coefficient (Wildman–Crippen LogP) is 3.40. The average molecular weight is 395 g/mol. The summed E-state index contributed by atoms with van der Waals surface area (Å²) in [7, 11) is 0. The van der Waals surface area contributed by atoms with E-state index in [0.717, 1.165) is 44.3 Å². The Morgan fingerprint density at radius 3 is 2.21 bits per heavy atom. The Morgan fingerprint density at radius 2 is 1.68 bits per heavy atom. The zero-order chi connectivity index (χ0) is 20.2. The van der Waals surface area contributed by atoms with Crippen LogP contribution >= 0.6 is 0 Å². The topological polar surface area (TPSA) is 112 Å². The number of carbonyl (C=O) groups is 2. The molecule has 28 heavy (non-hydrogen) atoms. The minimum Gasteiger partial charge on any atom is -0.480 e. The van der Waals surface area contributed by atoms with E-state index in [0.29, 0.717) is 12.6 Å². The van der Waals surface area contributed by atoms with Gasteiger partial charge in [-0.3, -0.25) is 14.9 Å². The molecule has 0 aliphatic heterocycles. The molecule has 1 aromatic heterocycles. The van der Waals surface area contributed by atoms with E-state index in [1.165, 1.54) is 25.7 Å². The molecule has 0 saturated heterocycles. The summed E-state index contributed by atoms with van der Waals surface area (Å²) in [6.07, 6.45) is 13.3. The Kier molecular flexibility index (Phi) is 10.1. The van der Waals surface area contributed by atoms with Crippen LogP contribution in [0.2, 0.25) is 0 Å². The highest BCUT2D eigenvalue weighted by atomic mass is 16.4. The zero-order valence-electron chi connectivity index (χ0n) is 16.6. The van der Waals surface area contributed by atoms with Gasteiger partial charge in [-0.15, -0.1) is 0 Å². The number of hydrogen-bond donors (Lipinski definition) is 4. The predicted molar refractivity (Wildman–Crippen MR) is 106 cm³/mol. The van der Waals surface area contributed by atoms with E-state index >= 15 is 0 Å². The molecule has 2 aliphatic carbocycles. The highest BCUT2D eigenvalue weighted by molar-refractivity contribution is 5.73. The van der Waals surface area contributed by atoms with Gasteiger partial charge in [-0.1, -0.05) is 38.5 Å². The van der Waals surface area contributed by atoms with Crippen LogP contribution in [0.1, 0.15) is 70.0 Å². The molecule has 0 bridgehead atoms. The molecule has 2 aliphatic rings. The maximum absolute atomic E-state index is 11.3. The van der Waals surface area contributed by atoms with Gasteiger partial charge in [-0.05, 0) is 43.7 Å². The number of carboxylic acids is 2. The van der Waals surface area contributed by atoms with Gasteiger partial charge >= 0.3 is 11.9 Å². The fraction of sp³-hybridized carbons (Fsp3) is 0.714. The third-order valence-electron chi connectivity index (χ3n) is 5.61. The molecule has 0 amide bonds. The van der Waals surface area contributed by atoms with Gasteiger partial charge in [-0.2, -0.15) is 0 Å². The van der Waals surface area contributed by atoms with Crippen molar-refractivity contribution in [1.82, 2.24) is 10.6 Å². The first-order chi connectivity index (χ1) is 13.6. The first-order valence-electron chi connectivity index (χ1n) is 10.5. The van der Waals surface area contributed by atoms with Gasteiger partial charge in [0.2, 0.25) is 0 Å². The summed E-state index contributed by atoms with van der Waals surface area (Å²) in [5, 5.41) is 23.8. The van der Waals surface area contributed by atoms with Crippen molar-refractivity contribution in [3.05, 3.63) is 24.2 Å². The molecule has 7 heteroatoms. The highest BCUT2D eigenvalue weighted by Crippen LogP contribution is 2.26. The summed E-state index contributed by atoms with van der Waals surface area (Å²) in [4.78, 5) is 21.4. The van der Waals surface area contributed by atoms with Crippen LogP contribution in [0.4, 0.5) is 0 Å². The molecule has 1 atom stereocenters. The molecular weight excluding hydrogens is 360 g/mol. The van der Waals surface area contributed by atoms with Crippen molar-refractivity contribution < 1.29 is 24.2 Å². The Morgan fingerprint density at radius 1 is 1.04 bits per heavy atom. The van der Waals surface area contributed by atoms with Crippen molar-refractivity contribution in [3.8, 4) is 0 Å². The van der Waals surface area contributed by atoms with E-state index in [4.69, 9.17) is 9.52 Å². The molecular formula is C21H34N2O5. The summed E-state index contributed by atoms with van der Waals surface area (Å²) in [6, 6.07) is 3.68. The van der Waals surface area contributed by atoms with Gasteiger partial charge in [0.15, 0.2) is 0 Å². The normalized spacial score (nSPS) is 19.4. The van der Waals surface area contributed by atoms with E-state index in [2.05, 4.69) is 10.6 Å². The molecule has 0 radical (unpaired) electrons. The van der Waals surface area contributed by atoms with Crippen molar-refractivity contribution in [2.45, 2.75) is 82.8 Å². The molecule has 1 aromatic rings. The van der Waals surface area contributed by atoms with E-state index in [9.17, 15) is 14.7 Å². The summed E-state index contributed by atoms with van der Waals surface area (Å²) in [5.74, 6) is -0.456. The number of aliphatic carboxylic acids is 2. The summed E-state index contributed by atoms with van der Waals surface area (Å²) in [5.41, 5.74) is 0. The van der Waals surface area contributed by atoms with Crippen molar-refractivity contribution in [2.75, 3.05) is 6.54 Å². The maximum Gasteiger partial charge on any atom is 0.320 e. The van der Waals surface area contributed by atoms with Crippen LogP contribution in [0.15, 0.2) is 22.8 Å². The Balaban J connectivity index is 0.000000221. The second kappa shape index (κ2) is 12.6. The van der Waals surface area contributed by atoms with E-state index in [-0.39, 0.29) is 12.5 Å². The van der Waals surface area contributed by atoms with Gasteiger partial charge < -0.3 is 19.9 Å². The van der Waals surface area contributed by atoms with Gasteiger partial charge in [0.1, 0.15) is 11.8 Å². The highest BCUT2D eigenvalue weighted by Gasteiger charge is 2.28. The van der Waals surface area contributed by atoms with Crippen LogP contribution in [0, 0.1) is 5.92 Å². The third-order valence-corrected chi connectivity index (χ3v) is 5.61. The van der Waals surface area contributed by atoms with E-state index in [1.807, 2.05) is 12.1 Å². The second-order valence-corrected chi connectivity index (χ2v) is 7.78. The smallest absolute Gasteiger partial charge is 0.320 e. The lowest BCUT2D eigenvalue weighted by atomic mass is 9.84. The SMILES string of the molecule is O=C(O)CNC1CCCCC1.O=C(O)[C@H](NCc1ccco1)C1CCCCC1. The molecule has 4 N–H and O–H groups in total. The minimum absolute atomic E-state index is 0.116. The fourth-order valence-electron chi connectivity index (χ4n) is 4.09. The van der Waals surface area contributed by atoms with Gasteiger partial charge in [-0.25, -0.2) is 0 Å². The average Bonchev–Trinajstić information content (AvgIpc) is 3.22. The van der Waals surface area contributed by atoms with Crippen LogP contribution in [0.5, 0.6) is 0 Å². The van der Waals surface area contributed by atoms with Crippen molar-refractivity contribution in [3.63, 3.8) is 0 Å². The quantitative estimate of drug-likeness (QED) is 0.535. The number of hydrogen-bond acceptors (Lipinski definition) is 5. The van der Waals surface area contributed by atoms with Crippen LogP contribution in [-0.4, -0.2) is 40.8 Å². The fourth-order valence-corrected chi connectivity index (χ4v) is 4.09. The standard InChI is InChI=1S/C13H19NO3.C8H15NO2/c15-13(16)12(10-5-2-1-3-6-10)14-9-11-7-4-8-17-11;10-8(11)6-9-7-4-2-1-3-5-7/h4,7-8,10,12,14H,1-3,5-6,9H2,(H,15,16);7,9H,1-6H2,(H,10,11)/t12-;/m1./s1. The van der Waals surface area contributed by atoms with Crippen molar-refractivity contribution in [2.24, 2.45) is 5.92 Å². The lowest BCUT2D eigenvalue weighted by molar-refractivity contribution is -0.141. The van der Waals surface area contributed by atoms with E-state index in [1.54, 1.807) is 6.26 Å².